The number of carbonyl (C=O) groups is 2. The Hall–Kier alpha value is -1.93. The monoisotopic (exact) mass is 470 g/mol. The second-order valence-electron chi connectivity index (χ2n) is 8.20. The summed E-state index contributed by atoms with van der Waals surface area (Å²) < 4.78 is 38.1. The van der Waals surface area contributed by atoms with Gasteiger partial charge in [-0.1, -0.05) is 78.1 Å². The molecule has 32 heavy (non-hydrogen) atoms. The molecule has 0 aliphatic carbocycles. The van der Waals surface area contributed by atoms with Crippen LogP contribution in [0, 0.1) is 0 Å². The summed E-state index contributed by atoms with van der Waals surface area (Å²) in [5, 5.41) is 9.62. The zero-order valence-electron chi connectivity index (χ0n) is 19.4. The van der Waals surface area contributed by atoms with Gasteiger partial charge in [0.05, 0.1) is 22.6 Å². The zero-order valence-corrected chi connectivity index (χ0v) is 20.2. The second kappa shape index (κ2) is 15.0. The van der Waals surface area contributed by atoms with Gasteiger partial charge in [0.15, 0.2) is 0 Å². The van der Waals surface area contributed by atoms with Gasteiger partial charge in [-0.15, -0.1) is 0 Å². The topological polar surface area (TPSA) is 118 Å². The van der Waals surface area contributed by atoms with E-state index in [1.165, 1.54) is 6.42 Å². The molecule has 0 spiro atoms. The average molecular weight is 471 g/mol. The Morgan fingerprint density at radius 1 is 0.812 bits per heavy atom. The van der Waals surface area contributed by atoms with Crippen molar-refractivity contribution in [2.75, 3.05) is 6.61 Å². The SMILES string of the molecule is CCCCCCCCOC(=O)c1cc(S(=O)(=O)O)cc(C(=O)O)c1CCCCCCCC. The van der Waals surface area contributed by atoms with Crippen molar-refractivity contribution in [2.24, 2.45) is 0 Å². The largest absolute Gasteiger partial charge is 0.478 e. The first-order valence-electron chi connectivity index (χ1n) is 11.8. The minimum Gasteiger partial charge on any atom is -0.478 e. The smallest absolute Gasteiger partial charge is 0.338 e. The second-order valence-corrected chi connectivity index (χ2v) is 9.62. The van der Waals surface area contributed by atoms with E-state index in [1.54, 1.807) is 0 Å². The number of hydrogen-bond donors (Lipinski definition) is 2. The van der Waals surface area contributed by atoms with Crippen LogP contribution in [0.5, 0.6) is 0 Å². The van der Waals surface area contributed by atoms with E-state index in [0.717, 1.165) is 69.9 Å². The number of carbonyl (C=O) groups excluding carboxylic acids is 1. The number of carboxylic acids is 1. The third-order valence-corrected chi connectivity index (χ3v) is 6.31. The fourth-order valence-electron chi connectivity index (χ4n) is 3.64. The van der Waals surface area contributed by atoms with Gasteiger partial charge in [-0.25, -0.2) is 9.59 Å². The summed E-state index contributed by atoms with van der Waals surface area (Å²) in [6.07, 6.45) is 12.3. The minimum absolute atomic E-state index is 0.0999. The van der Waals surface area contributed by atoms with Crippen LogP contribution in [0.25, 0.3) is 0 Å². The molecule has 0 atom stereocenters. The Balaban J connectivity index is 2.98. The van der Waals surface area contributed by atoms with Crippen LogP contribution < -0.4 is 0 Å². The number of carboxylic acid groups (broad SMARTS) is 1. The predicted molar refractivity (Wildman–Crippen MR) is 124 cm³/mol. The van der Waals surface area contributed by atoms with E-state index in [2.05, 4.69) is 13.8 Å². The number of rotatable bonds is 17. The standard InChI is InChI=1S/C24H38O7S/c1-3-5-7-9-11-13-15-20-21(23(25)26)17-19(32(28,29)30)18-22(20)24(27)31-16-14-12-10-8-6-4-2/h17-18H,3-16H2,1-2H3,(H,25,26)(H,28,29,30). The van der Waals surface area contributed by atoms with Gasteiger partial charge in [0.1, 0.15) is 0 Å². The van der Waals surface area contributed by atoms with Crippen molar-refractivity contribution >= 4 is 22.1 Å². The van der Waals surface area contributed by atoms with Gasteiger partial charge in [0.25, 0.3) is 10.1 Å². The van der Waals surface area contributed by atoms with Gasteiger partial charge in [0, 0.05) is 0 Å². The van der Waals surface area contributed by atoms with Crippen molar-refractivity contribution in [1.29, 1.82) is 0 Å². The Labute approximate surface area is 192 Å². The number of hydrogen-bond acceptors (Lipinski definition) is 5. The summed E-state index contributed by atoms with van der Waals surface area (Å²) in [6, 6.07) is 1.94. The quantitative estimate of drug-likeness (QED) is 0.162. The molecule has 0 saturated heterocycles. The first-order chi connectivity index (χ1) is 15.2. The van der Waals surface area contributed by atoms with E-state index in [1.807, 2.05) is 0 Å². The summed E-state index contributed by atoms with van der Waals surface area (Å²) >= 11 is 0. The van der Waals surface area contributed by atoms with Crippen molar-refractivity contribution in [3.05, 3.63) is 28.8 Å². The van der Waals surface area contributed by atoms with Gasteiger partial charge in [0.2, 0.25) is 0 Å². The molecule has 182 valence electrons. The molecule has 0 saturated carbocycles. The van der Waals surface area contributed by atoms with Crippen LogP contribution in [0.3, 0.4) is 0 Å². The van der Waals surface area contributed by atoms with Gasteiger partial charge >= 0.3 is 11.9 Å². The molecule has 0 aliphatic rings. The first kappa shape index (κ1) is 28.1. The van der Waals surface area contributed by atoms with Crippen LogP contribution in [0.15, 0.2) is 17.0 Å². The highest BCUT2D eigenvalue weighted by Gasteiger charge is 2.24. The number of ether oxygens (including phenoxy) is 1. The van der Waals surface area contributed by atoms with Crippen molar-refractivity contribution in [3.63, 3.8) is 0 Å². The Morgan fingerprint density at radius 3 is 1.84 bits per heavy atom. The highest BCUT2D eigenvalue weighted by Crippen LogP contribution is 2.25. The Morgan fingerprint density at radius 2 is 1.31 bits per heavy atom. The molecule has 2 N–H and O–H groups in total. The van der Waals surface area contributed by atoms with Crippen LogP contribution in [0.4, 0.5) is 0 Å². The molecule has 1 aromatic carbocycles. The number of esters is 1. The highest BCUT2D eigenvalue weighted by molar-refractivity contribution is 7.85. The maximum absolute atomic E-state index is 12.7. The summed E-state index contributed by atoms with van der Waals surface area (Å²) in [5.74, 6) is -2.10. The average Bonchev–Trinajstić information content (AvgIpc) is 2.74. The molecule has 8 heteroatoms. The van der Waals surface area contributed by atoms with Crippen LogP contribution in [0.1, 0.15) is 117 Å². The number of benzene rings is 1. The number of aromatic carboxylic acids is 1. The first-order valence-corrected chi connectivity index (χ1v) is 13.2. The summed E-state index contributed by atoms with van der Waals surface area (Å²) in [4.78, 5) is 23.9. The van der Waals surface area contributed by atoms with E-state index in [-0.39, 0.29) is 23.3 Å². The van der Waals surface area contributed by atoms with Crippen LogP contribution in [-0.2, 0) is 21.3 Å². The van der Waals surface area contributed by atoms with Gasteiger partial charge in [-0.05, 0) is 37.0 Å². The fraction of sp³-hybridized carbons (Fsp3) is 0.667. The van der Waals surface area contributed by atoms with Crippen molar-refractivity contribution < 1.29 is 32.4 Å². The lowest BCUT2D eigenvalue weighted by Crippen LogP contribution is -2.16. The Bertz CT molecular complexity index is 831. The third kappa shape index (κ3) is 10.1. The molecule has 0 heterocycles. The van der Waals surface area contributed by atoms with Crippen molar-refractivity contribution in [1.82, 2.24) is 0 Å². The molecule has 1 rings (SSSR count). The van der Waals surface area contributed by atoms with Crippen LogP contribution in [-0.4, -0.2) is 36.6 Å². The maximum atomic E-state index is 12.7. The molecule has 1 aromatic rings. The highest BCUT2D eigenvalue weighted by atomic mass is 32.2. The number of unbranched alkanes of at least 4 members (excludes halogenated alkanes) is 10. The van der Waals surface area contributed by atoms with E-state index >= 15 is 0 Å². The third-order valence-electron chi connectivity index (χ3n) is 5.48. The van der Waals surface area contributed by atoms with Gasteiger partial charge < -0.3 is 9.84 Å². The lowest BCUT2D eigenvalue weighted by molar-refractivity contribution is 0.0496. The van der Waals surface area contributed by atoms with E-state index in [4.69, 9.17) is 4.74 Å². The Kier molecular flexibility index (Phi) is 13.2. The molecular formula is C24H38O7S. The van der Waals surface area contributed by atoms with Crippen LogP contribution in [0.2, 0.25) is 0 Å². The predicted octanol–water partition coefficient (Wildman–Crippen LogP) is 6.05. The summed E-state index contributed by atoms with van der Waals surface area (Å²) in [5.41, 5.74) is -0.134. The molecule has 0 amide bonds. The molecule has 7 nitrogen and oxygen atoms in total. The molecule has 0 aliphatic heterocycles. The molecule has 0 fully saturated rings. The van der Waals surface area contributed by atoms with E-state index in [9.17, 15) is 27.7 Å². The lowest BCUT2D eigenvalue weighted by Gasteiger charge is -2.14. The molecule has 0 radical (unpaired) electrons. The lowest BCUT2D eigenvalue weighted by atomic mass is 9.95. The normalized spacial score (nSPS) is 11.5. The van der Waals surface area contributed by atoms with Gasteiger partial charge in [-0.2, -0.15) is 8.42 Å². The van der Waals surface area contributed by atoms with Crippen LogP contribution >= 0.6 is 0 Å². The molecule has 0 unspecified atom stereocenters. The van der Waals surface area contributed by atoms with Crippen molar-refractivity contribution in [3.8, 4) is 0 Å². The molecular weight excluding hydrogens is 432 g/mol. The molecule has 0 aromatic heterocycles. The van der Waals surface area contributed by atoms with E-state index in [0.29, 0.717) is 19.3 Å². The summed E-state index contributed by atoms with van der Waals surface area (Å²) in [6.45, 7) is 4.44. The van der Waals surface area contributed by atoms with E-state index < -0.39 is 27.0 Å². The summed E-state index contributed by atoms with van der Waals surface area (Å²) in [7, 11) is -4.68. The zero-order chi connectivity index (χ0) is 24.0. The molecule has 0 bridgehead atoms. The van der Waals surface area contributed by atoms with Crippen molar-refractivity contribution in [2.45, 2.75) is 102 Å². The van der Waals surface area contributed by atoms with Gasteiger partial charge in [-0.3, -0.25) is 4.55 Å². The fourth-order valence-corrected chi connectivity index (χ4v) is 4.18. The minimum atomic E-state index is -4.68. The maximum Gasteiger partial charge on any atom is 0.338 e.